The van der Waals surface area contributed by atoms with Gasteiger partial charge in [0.1, 0.15) is 23.5 Å². The summed E-state index contributed by atoms with van der Waals surface area (Å²) in [6.45, 7) is 2.69. The summed E-state index contributed by atoms with van der Waals surface area (Å²) in [4.78, 5) is 36.3. The average molecular weight is 496 g/mol. The molecular weight excluding hydrogens is 470 g/mol. The molecule has 1 unspecified atom stereocenters. The Kier molecular flexibility index (Phi) is 7.51. The summed E-state index contributed by atoms with van der Waals surface area (Å²) in [5, 5.41) is 0.466. The van der Waals surface area contributed by atoms with Gasteiger partial charge in [0.25, 0.3) is 5.91 Å². The normalized spacial score (nSPS) is 17.2. The minimum atomic E-state index is -0.967. The molecule has 1 aliphatic rings. The molecule has 8 nitrogen and oxygen atoms in total. The van der Waals surface area contributed by atoms with E-state index in [1.165, 1.54) is 19.5 Å². The maximum absolute atomic E-state index is 13.2. The van der Waals surface area contributed by atoms with Crippen molar-refractivity contribution in [2.45, 2.75) is 13.3 Å². The number of aromatic nitrogens is 2. The fourth-order valence-electron chi connectivity index (χ4n) is 4.05. The number of hydrogen-bond acceptors (Lipinski definition) is 7. The fourth-order valence-corrected chi connectivity index (χ4v) is 4.15. The predicted molar refractivity (Wildman–Crippen MR) is 131 cm³/mol. The van der Waals surface area contributed by atoms with Crippen molar-refractivity contribution in [3.8, 4) is 22.9 Å². The first-order chi connectivity index (χ1) is 17.0. The van der Waals surface area contributed by atoms with Gasteiger partial charge in [-0.1, -0.05) is 23.7 Å². The van der Waals surface area contributed by atoms with Crippen molar-refractivity contribution in [2.75, 3.05) is 33.4 Å². The van der Waals surface area contributed by atoms with Crippen molar-refractivity contribution in [2.24, 2.45) is 5.41 Å². The van der Waals surface area contributed by atoms with Gasteiger partial charge in [-0.05, 0) is 49.7 Å². The first kappa shape index (κ1) is 24.5. The Labute approximate surface area is 208 Å². The zero-order valence-corrected chi connectivity index (χ0v) is 20.3. The quantitative estimate of drug-likeness (QED) is 0.431. The third-order valence-corrected chi connectivity index (χ3v) is 6.13. The van der Waals surface area contributed by atoms with E-state index in [2.05, 4.69) is 9.97 Å². The summed E-state index contributed by atoms with van der Waals surface area (Å²) < 4.78 is 16.7. The molecule has 0 saturated carbocycles. The molecule has 0 spiro atoms. The number of esters is 1. The maximum atomic E-state index is 13.2. The molecule has 0 radical (unpaired) electrons. The van der Waals surface area contributed by atoms with Gasteiger partial charge < -0.3 is 19.1 Å². The third kappa shape index (κ3) is 5.38. The van der Waals surface area contributed by atoms with Gasteiger partial charge in [0.15, 0.2) is 5.82 Å². The lowest BCUT2D eigenvalue weighted by Gasteiger charge is -2.27. The standard InChI is InChI=1S/C26H26ClN3O5/c1-3-34-25(32)26(12-13-30(16-26)24(31)21-6-4-5-7-22(21)33-2)17-35-20-10-8-18(9-11-20)23-28-14-19(27)15-29-23/h4-11,14-15H,3,12-13,16-17H2,1-2H3. The number of carbonyl (C=O) groups excluding carboxylic acids is 2. The molecule has 9 heteroatoms. The summed E-state index contributed by atoms with van der Waals surface area (Å²) in [5.41, 5.74) is 0.296. The Morgan fingerprint density at radius 2 is 1.80 bits per heavy atom. The number of halogens is 1. The van der Waals surface area contributed by atoms with Crippen LogP contribution in [0.25, 0.3) is 11.4 Å². The van der Waals surface area contributed by atoms with E-state index in [-0.39, 0.29) is 31.6 Å². The van der Waals surface area contributed by atoms with Gasteiger partial charge in [0.2, 0.25) is 0 Å². The van der Waals surface area contributed by atoms with Crippen LogP contribution in [0.2, 0.25) is 5.02 Å². The molecule has 1 aliphatic heterocycles. The molecular formula is C26H26ClN3O5. The van der Waals surface area contributed by atoms with Gasteiger partial charge in [-0.3, -0.25) is 9.59 Å². The molecule has 0 aliphatic carbocycles. The second-order valence-electron chi connectivity index (χ2n) is 8.22. The molecule has 3 aromatic rings. The van der Waals surface area contributed by atoms with Crippen LogP contribution in [-0.2, 0) is 9.53 Å². The Morgan fingerprint density at radius 3 is 2.49 bits per heavy atom. The molecule has 2 heterocycles. The van der Waals surface area contributed by atoms with Gasteiger partial charge in [-0.15, -0.1) is 0 Å². The Balaban J connectivity index is 1.48. The molecule has 1 saturated heterocycles. The summed E-state index contributed by atoms with van der Waals surface area (Å²) in [6.07, 6.45) is 3.51. The van der Waals surface area contributed by atoms with Gasteiger partial charge in [-0.2, -0.15) is 0 Å². The number of rotatable bonds is 8. The SMILES string of the molecule is CCOC(=O)C1(COc2ccc(-c3ncc(Cl)cn3)cc2)CCN(C(=O)c2ccccc2OC)C1. The number of amides is 1. The van der Waals surface area contributed by atoms with Crippen molar-refractivity contribution in [3.05, 3.63) is 71.5 Å². The summed E-state index contributed by atoms with van der Waals surface area (Å²) in [6, 6.07) is 14.3. The summed E-state index contributed by atoms with van der Waals surface area (Å²) >= 11 is 5.85. The molecule has 1 aromatic heterocycles. The van der Waals surface area contributed by atoms with E-state index in [9.17, 15) is 9.59 Å². The van der Waals surface area contributed by atoms with Crippen LogP contribution >= 0.6 is 11.6 Å². The van der Waals surface area contributed by atoms with Crippen LogP contribution in [0.15, 0.2) is 60.9 Å². The van der Waals surface area contributed by atoms with E-state index in [0.717, 1.165) is 5.56 Å². The number of likely N-dealkylation sites (tertiary alicyclic amines) is 1. The number of nitrogens with zero attached hydrogens (tertiary/aromatic N) is 3. The average Bonchev–Trinajstić information content (AvgIpc) is 3.34. The minimum absolute atomic E-state index is 0.0817. The van der Waals surface area contributed by atoms with Crippen LogP contribution in [0.4, 0.5) is 0 Å². The fraction of sp³-hybridized carbons (Fsp3) is 0.308. The lowest BCUT2D eigenvalue weighted by atomic mass is 9.88. The van der Waals surface area contributed by atoms with Gasteiger partial charge >= 0.3 is 5.97 Å². The lowest BCUT2D eigenvalue weighted by Crippen LogP contribution is -2.42. The molecule has 1 amide bonds. The maximum Gasteiger partial charge on any atom is 0.317 e. The molecule has 1 fully saturated rings. The van der Waals surface area contributed by atoms with Gasteiger partial charge in [0, 0.05) is 31.0 Å². The smallest absolute Gasteiger partial charge is 0.317 e. The molecule has 2 aromatic carbocycles. The van der Waals surface area contributed by atoms with Crippen LogP contribution in [0, 0.1) is 5.41 Å². The monoisotopic (exact) mass is 495 g/mol. The highest BCUT2D eigenvalue weighted by Gasteiger charge is 2.48. The van der Waals surface area contributed by atoms with Crippen LogP contribution in [0.3, 0.4) is 0 Å². The lowest BCUT2D eigenvalue weighted by molar-refractivity contribution is -0.156. The number of methoxy groups -OCH3 is 1. The largest absolute Gasteiger partial charge is 0.496 e. The van der Waals surface area contributed by atoms with Gasteiger partial charge in [0.05, 0.1) is 24.3 Å². The van der Waals surface area contributed by atoms with E-state index in [4.69, 9.17) is 25.8 Å². The Bertz CT molecular complexity index is 1190. The molecule has 4 rings (SSSR count). The second-order valence-corrected chi connectivity index (χ2v) is 8.65. The van der Waals surface area contributed by atoms with Crippen molar-refractivity contribution in [1.82, 2.24) is 14.9 Å². The zero-order valence-electron chi connectivity index (χ0n) is 19.6. The first-order valence-electron chi connectivity index (χ1n) is 11.3. The summed E-state index contributed by atoms with van der Waals surface area (Å²) in [7, 11) is 1.52. The Hall–Kier alpha value is -3.65. The third-order valence-electron chi connectivity index (χ3n) is 5.93. The van der Waals surface area contributed by atoms with Gasteiger partial charge in [-0.25, -0.2) is 9.97 Å². The highest BCUT2D eigenvalue weighted by Crippen LogP contribution is 2.35. The zero-order chi connectivity index (χ0) is 24.8. The van der Waals surface area contributed by atoms with E-state index < -0.39 is 5.41 Å². The molecule has 0 N–H and O–H groups in total. The van der Waals surface area contributed by atoms with E-state index >= 15 is 0 Å². The van der Waals surface area contributed by atoms with Crippen LogP contribution in [0.5, 0.6) is 11.5 Å². The van der Waals surface area contributed by atoms with Crippen molar-refractivity contribution < 1.29 is 23.8 Å². The molecule has 0 bridgehead atoms. The Morgan fingerprint density at radius 1 is 1.09 bits per heavy atom. The number of ether oxygens (including phenoxy) is 3. The van der Waals surface area contributed by atoms with Crippen LogP contribution < -0.4 is 9.47 Å². The van der Waals surface area contributed by atoms with Crippen LogP contribution in [0.1, 0.15) is 23.7 Å². The highest BCUT2D eigenvalue weighted by atomic mass is 35.5. The van der Waals surface area contributed by atoms with E-state index in [1.807, 2.05) is 12.1 Å². The van der Waals surface area contributed by atoms with Crippen LogP contribution in [-0.4, -0.2) is 60.2 Å². The number of carbonyl (C=O) groups is 2. The predicted octanol–water partition coefficient (Wildman–Crippen LogP) is 4.28. The van der Waals surface area contributed by atoms with Crippen molar-refractivity contribution >= 4 is 23.5 Å². The summed E-state index contributed by atoms with van der Waals surface area (Å²) in [5.74, 6) is 1.06. The molecule has 35 heavy (non-hydrogen) atoms. The first-order valence-corrected chi connectivity index (χ1v) is 11.6. The topological polar surface area (TPSA) is 90.9 Å². The number of hydrogen-bond donors (Lipinski definition) is 0. The highest BCUT2D eigenvalue weighted by molar-refractivity contribution is 6.30. The molecule has 1 atom stereocenters. The second kappa shape index (κ2) is 10.7. The van der Waals surface area contributed by atoms with Crippen molar-refractivity contribution in [1.29, 1.82) is 0 Å². The minimum Gasteiger partial charge on any atom is -0.496 e. The molecule has 182 valence electrons. The van der Waals surface area contributed by atoms with E-state index in [0.29, 0.717) is 40.9 Å². The number of para-hydroxylation sites is 1. The van der Waals surface area contributed by atoms with Crippen molar-refractivity contribution in [3.63, 3.8) is 0 Å². The number of benzene rings is 2. The van der Waals surface area contributed by atoms with E-state index in [1.54, 1.807) is 48.2 Å².